The van der Waals surface area contributed by atoms with Crippen LogP contribution in [0.15, 0.2) is 29.2 Å². The number of hydrogen-bond donors (Lipinski definition) is 3. The summed E-state index contributed by atoms with van der Waals surface area (Å²) in [7, 11) is -2.30. The lowest BCUT2D eigenvalue weighted by molar-refractivity contribution is -0.123. The van der Waals surface area contributed by atoms with E-state index in [-0.39, 0.29) is 24.0 Å². The third-order valence-corrected chi connectivity index (χ3v) is 3.29. The van der Waals surface area contributed by atoms with Crippen LogP contribution in [0, 0.1) is 0 Å². The third-order valence-electron chi connectivity index (χ3n) is 2.38. The Morgan fingerprint density at radius 3 is 2.74 bits per heavy atom. The van der Waals surface area contributed by atoms with Gasteiger partial charge in [-0.2, -0.15) is 0 Å². The Hall–Kier alpha value is -1.48. The molecule has 0 aliphatic carbocycles. The smallest absolute Gasteiger partial charge is 0.239 e. The van der Waals surface area contributed by atoms with Crippen molar-refractivity contribution in [3.8, 4) is 0 Å². The molecule has 1 unspecified atom stereocenters. The molecule has 0 saturated heterocycles. The summed E-state index contributed by atoms with van der Waals surface area (Å²) < 4.78 is 27.1. The zero-order valence-corrected chi connectivity index (χ0v) is 11.3. The van der Waals surface area contributed by atoms with Crippen LogP contribution in [0.5, 0.6) is 0 Å². The molecule has 19 heavy (non-hydrogen) atoms. The Morgan fingerprint density at radius 1 is 1.47 bits per heavy atom. The van der Waals surface area contributed by atoms with Crippen molar-refractivity contribution >= 4 is 15.9 Å². The molecule has 1 aromatic carbocycles. The molecule has 0 aliphatic heterocycles. The number of nitrogens with one attached hydrogen (secondary N) is 1. The molecule has 1 rings (SSSR count). The molecular formula is C11H17N3O4S. The summed E-state index contributed by atoms with van der Waals surface area (Å²) in [4.78, 5) is 11.5. The number of primary sulfonamides is 1. The first-order chi connectivity index (χ1) is 8.84. The Balaban J connectivity index is 2.66. The first kappa shape index (κ1) is 15.6. The second-order valence-corrected chi connectivity index (χ2v) is 5.53. The van der Waals surface area contributed by atoms with Crippen LogP contribution in [0.2, 0.25) is 0 Å². The first-order valence-electron chi connectivity index (χ1n) is 5.48. The van der Waals surface area contributed by atoms with E-state index in [9.17, 15) is 13.2 Å². The topological polar surface area (TPSA) is 125 Å². The molecule has 0 aromatic heterocycles. The van der Waals surface area contributed by atoms with E-state index in [0.29, 0.717) is 5.56 Å². The van der Waals surface area contributed by atoms with E-state index in [1.165, 1.54) is 19.2 Å². The SMILES string of the molecule is COCC(N)C(=O)NCc1cccc(S(N)(=O)=O)c1. The van der Waals surface area contributed by atoms with Gasteiger partial charge in [0.25, 0.3) is 0 Å². The van der Waals surface area contributed by atoms with Gasteiger partial charge in [0, 0.05) is 13.7 Å². The summed E-state index contributed by atoms with van der Waals surface area (Å²) >= 11 is 0. The number of carbonyl (C=O) groups excluding carboxylic acids is 1. The number of sulfonamides is 1. The highest BCUT2D eigenvalue weighted by atomic mass is 32.2. The van der Waals surface area contributed by atoms with Crippen molar-refractivity contribution in [1.29, 1.82) is 0 Å². The largest absolute Gasteiger partial charge is 0.383 e. The second-order valence-electron chi connectivity index (χ2n) is 3.97. The minimum absolute atomic E-state index is 0.000406. The summed E-state index contributed by atoms with van der Waals surface area (Å²) in [6.07, 6.45) is 0. The summed E-state index contributed by atoms with van der Waals surface area (Å²) in [5.74, 6) is -0.372. The summed E-state index contributed by atoms with van der Waals surface area (Å²) in [6, 6.07) is 5.26. The van der Waals surface area contributed by atoms with Gasteiger partial charge in [0.05, 0.1) is 11.5 Å². The van der Waals surface area contributed by atoms with Crippen LogP contribution >= 0.6 is 0 Å². The van der Waals surface area contributed by atoms with E-state index >= 15 is 0 Å². The summed E-state index contributed by atoms with van der Waals surface area (Å²) in [5, 5.41) is 7.60. The van der Waals surface area contributed by atoms with E-state index in [1.54, 1.807) is 12.1 Å². The van der Waals surface area contributed by atoms with E-state index in [1.807, 2.05) is 0 Å². The number of hydrogen-bond acceptors (Lipinski definition) is 5. The maximum atomic E-state index is 11.5. The number of rotatable bonds is 6. The van der Waals surface area contributed by atoms with E-state index in [2.05, 4.69) is 5.32 Å². The molecule has 0 fully saturated rings. The zero-order chi connectivity index (χ0) is 14.5. The molecular weight excluding hydrogens is 270 g/mol. The highest BCUT2D eigenvalue weighted by Gasteiger charge is 2.13. The Kier molecular flexibility index (Phi) is 5.43. The van der Waals surface area contributed by atoms with Gasteiger partial charge in [0.1, 0.15) is 6.04 Å². The van der Waals surface area contributed by atoms with Crippen molar-refractivity contribution < 1.29 is 17.9 Å². The quantitative estimate of drug-likeness (QED) is 0.614. The van der Waals surface area contributed by atoms with Gasteiger partial charge < -0.3 is 15.8 Å². The molecule has 1 atom stereocenters. The fourth-order valence-electron chi connectivity index (χ4n) is 1.41. The molecule has 106 valence electrons. The van der Waals surface area contributed by atoms with E-state index < -0.39 is 16.1 Å². The van der Waals surface area contributed by atoms with Crippen molar-refractivity contribution in [1.82, 2.24) is 5.32 Å². The van der Waals surface area contributed by atoms with Crippen LogP contribution in [0.25, 0.3) is 0 Å². The third kappa shape index (κ3) is 4.95. The van der Waals surface area contributed by atoms with Crippen LogP contribution < -0.4 is 16.2 Å². The molecule has 0 heterocycles. The number of amides is 1. The standard InChI is InChI=1S/C11H17N3O4S/c1-18-7-10(12)11(15)14-6-8-3-2-4-9(5-8)19(13,16)17/h2-5,10H,6-7,12H2,1H3,(H,14,15)(H2,13,16,17). The molecule has 1 aromatic rings. The van der Waals surface area contributed by atoms with Crippen molar-refractivity contribution in [3.63, 3.8) is 0 Å². The molecule has 0 spiro atoms. The average Bonchev–Trinajstić information content (AvgIpc) is 2.35. The Morgan fingerprint density at radius 2 is 2.16 bits per heavy atom. The van der Waals surface area contributed by atoms with Gasteiger partial charge in [0.15, 0.2) is 0 Å². The van der Waals surface area contributed by atoms with Gasteiger partial charge in [-0.15, -0.1) is 0 Å². The normalized spacial score (nSPS) is 13.0. The fourth-order valence-corrected chi connectivity index (χ4v) is 1.99. The molecule has 5 N–H and O–H groups in total. The first-order valence-corrected chi connectivity index (χ1v) is 7.03. The van der Waals surface area contributed by atoms with Crippen molar-refractivity contribution in [2.24, 2.45) is 10.9 Å². The number of carbonyl (C=O) groups is 1. The average molecular weight is 287 g/mol. The fraction of sp³-hybridized carbons (Fsp3) is 0.364. The molecule has 0 saturated carbocycles. The van der Waals surface area contributed by atoms with Gasteiger partial charge in [-0.3, -0.25) is 4.79 Å². The van der Waals surface area contributed by atoms with Gasteiger partial charge in [-0.1, -0.05) is 12.1 Å². The second kappa shape index (κ2) is 6.62. The lowest BCUT2D eigenvalue weighted by Crippen LogP contribution is -2.43. The van der Waals surface area contributed by atoms with Crippen LogP contribution in [0.1, 0.15) is 5.56 Å². The van der Waals surface area contributed by atoms with Gasteiger partial charge >= 0.3 is 0 Å². The van der Waals surface area contributed by atoms with Gasteiger partial charge in [-0.05, 0) is 17.7 Å². The van der Waals surface area contributed by atoms with Gasteiger partial charge in [-0.25, -0.2) is 13.6 Å². The summed E-state index contributed by atoms with van der Waals surface area (Å²) in [6.45, 7) is 0.280. The van der Waals surface area contributed by atoms with Crippen LogP contribution in [-0.2, 0) is 26.1 Å². The minimum Gasteiger partial charge on any atom is -0.383 e. The number of methoxy groups -OCH3 is 1. The van der Waals surface area contributed by atoms with Gasteiger partial charge in [0.2, 0.25) is 15.9 Å². The maximum Gasteiger partial charge on any atom is 0.239 e. The van der Waals surface area contributed by atoms with Crippen molar-refractivity contribution in [2.45, 2.75) is 17.5 Å². The molecule has 1 amide bonds. The van der Waals surface area contributed by atoms with E-state index in [4.69, 9.17) is 15.6 Å². The van der Waals surface area contributed by atoms with Crippen LogP contribution in [-0.4, -0.2) is 34.1 Å². The van der Waals surface area contributed by atoms with E-state index in [0.717, 1.165) is 0 Å². The highest BCUT2D eigenvalue weighted by molar-refractivity contribution is 7.89. The number of benzene rings is 1. The predicted octanol–water partition coefficient (Wildman–Crippen LogP) is -1.08. The molecule has 0 bridgehead atoms. The summed E-state index contributed by atoms with van der Waals surface area (Å²) in [5.41, 5.74) is 6.15. The molecule has 8 heteroatoms. The van der Waals surface area contributed by atoms with Crippen molar-refractivity contribution in [2.75, 3.05) is 13.7 Å². The Bertz CT molecular complexity index is 545. The predicted molar refractivity (Wildman–Crippen MR) is 69.5 cm³/mol. The maximum absolute atomic E-state index is 11.5. The minimum atomic E-state index is -3.75. The monoisotopic (exact) mass is 287 g/mol. The lowest BCUT2D eigenvalue weighted by Gasteiger charge is -2.11. The number of ether oxygens (including phenoxy) is 1. The van der Waals surface area contributed by atoms with Crippen molar-refractivity contribution in [3.05, 3.63) is 29.8 Å². The highest BCUT2D eigenvalue weighted by Crippen LogP contribution is 2.09. The number of nitrogens with two attached hydrogens (primary N) is 2. The van der Waals surface area contributed by atoms with Crippen LogP contribution in [0.4, 0.5) is 0 Å². The zero-order valence-electron chi connectivity index (χ0n) is 10.5. The molecule has 0 aliphatic rings. The Labute approximate surface area is 112 Å². The van der Waals surface area contributed by atoms with Crippen LogP contribution in [0.3, 0.4) is 0 Å². The lowest BCUT2D eigenvalue weighted by atomic mass is 10.2. The molecule has 0 radical (unpaired) electrons. The molecule has 7 nitrogen and oxygen atoms in total.